The van der Waals surface area contributed by atoms with Crippen LogP contribution in [-0.4, -0.2) is 22.5 Å². The number of nitrogens with two attached hydrogens (primary N) is 2. The summed E-state index contributed by atoms with van der Waals surface area (Å²) in [6.07, 6.45) is 2.91. The van der Waals surface area contributed by atoms with Gasteiger partial charge in [0.2, 0.25) is 0 Å². The molecule has 1 amide bonds. The predicted molar refractivity (Wildman–Crippen MR) is 137 cm³/mol. The quantitative estimate of drug-likeness (QED) is 0.258. The number of ether oxygens (including phenoxy) is 1. The molecule has 3 aromatic carbocycles. The zero-order chi connectivity index (χ0) is 26.2. The number of rotatable bonds is 9. The second kappa shape index (κ2) is 9.46. The highest BCUT2D eigenvalue weighted by Crippen LogP contribution is 2.48. The number of hydrogen-bond acceptors (Lipinski definition) is 6. The number of hydrogen-bond donors (Lipinski definition) is 2. The molecule has 1 aliphatic rings. The van der Waals surface area contributed by atoms with Crippen LogP contribution in [0.15, 0.2) is 72.9 Å². The number of nitrogen functional groups attached to an aromatic ring is 1. The average Bonchev–Trinajstić information content (AvgIpc) is 3.69. The van der Waals surface area contributed by atoms with Gasteiger partial charge in [0.25, 0.3) is 5.91 Å². The Hall–Kier alpha value is -4.59. The van der Waals surface area contributed by atoms with Crippen LogP contribution in [0.2, 0.25) is 0 Å². The van der Waals surface area contributed by atoms with Crippen molar-refractivity contribution in [2.45, 2.75) is 25.7 Å². The van der Waals surface area contributed by atoms with Crippen LogP contribution in [0.25, 0.3) is 10.9 Å². The lowest BCUT2D eigenvalue weighted by molar-refractivity contribution is -0.133. The van der Waals surface area contributed by atoms with Crippen molar-refractivity contribution in [3.8, 4) is 11.5 Å². The molecule has 0 spiro atoms. The van der Waals surface area contributed by atoms with E-state index in [0.29, 0.717) is 40.8 Å². The molecule has 0 bridgehead atoms. The zero-order valence-electron chi connectivity index (χ0n) is 19.9. The molecule has 1 fully saturated rings. The number of benzene rings is 3. The van der Waals surface area contributed by atoms with Crippen molar-refractivity contribution < 1.29 is 23.5 Å². The third-order valence-corrected chi connectivity index (χ3v) is 6.75. The summed E-state index contributed by atoms with van der Waals surface area (Å²) in [6.45, 7) is 0. The van der Waals surface area contributed by atoms with Gasteiger partial charge in [-0.05, 0) is 66.4 Å². The first-order valence-corrected chi connectivity index (χ1v) is 11.8. The lowest BCUT2D eigenvalue weighted by atomic mass is 9.88. The molecule has 8 heteroatoms. The summed E-state index contributed by atoms with van der Waals surface area (Å²) in [5.74, 6) is -0.241. The second-order valence-electron chi connectivity index (χ2n) is 9.28. The maximum atomic E-state index is 13.1. The van der Waals surface area contributed by atoms with Gasteiger partial charge in [0.15, 0.2) is 11.6 Å². The van der Waals surface area contributed by atoms with Crippen molar-refractivity contribution in [2.75, 3.05) is 5.73 Å². The minimum absolute atomic E-state index is 0.107. The number of primary amides is 1. The van der Waals surface area contributed by atoms with Gasteiger partial charge in [-0.15, -0.1) is 0 Å². The van der Waals surface area contributed by atoms with Crippen LogP contribution in [0.4, 0.5) is 10.1 Å². The van der Waals surface area contributed by atoms with E-state index in [0.717, 1.165) is 5.56 Å². The Morgan fingerprint density at radius 3 is 2.05 bits per heavy atom. The SMILES string of the molecule is NC(=O)c1cc2c(Oc3ccc(CC(=O)C4(C(=O)Cc5ccc(F)cc5)CC4)cc3)ccnc2cc1N. The first-order valence-electron chi connectivity index (χ1n) is 11.8. The number of halogens is 1. The number of fused-ring (bicyclic) bond motifs is 1. The summed E-state index contributed by atoms with van der Waals surface area (Å²) in [7, 11) is 0. The Balaban J connectivity index is 1.28. The van der Waals surface area contributed by atoms with E-state index in [1.165, 1.54) is 12.1 Å². The molecule has 4 aromatic rings. The van der Waals surface area contributed by atoms with Crippen LogP contribution >= 0.6 is 0 Å². The predicted octanol–water partition coefficient (Wildman–Crippen LogP) is 4.55. The highest BCUT2D eigenvalue weighted by atomic mass is 19.1. The topological polar surface area (TPSA) is 125 Å². The lowest BCUT2D eigenvalue weighted by Crippen LogP contribution is -2.28. The minimum atomic E-state index is -0.945. The van der Waals surface area contributed by atoms with E-state index in [4.69, 9.17) is 16.2 Å². The summed E-state index contributed by atoms with van der Waals surface area (Å²) in [5.41, 5.74) is 12.8. The number of aromatic nitrogens is 1. The van der Waals surface area contributed by atoms with Gasteiger partial charge < -0.3 is 16.2 Å². The van der Waals surface area contributed by atoms with Gasteiger partial charge >= 0.3 is 0 Å². The summed E-state index contributed by atoms with van der Waals surface area (Å²) in [4.78, 5) is 41.9. The molecular weight excluding hydrogens is 473 g/mol. The van der Waals surface area contributed by atoms with Gasteiger partial charge in [0.1, 0.15) is 17.3 Å². The maximum absolute atomic E-state index is 13.1. The summed E-state index contributed by atoms with van der Waals surface area (Å²) < 4.78 is 19.2. The molecule has 1 heterocycles. The number of carbonyl (C=O) groups is 3. The Labute approximate surface area is 212 Å². The van der Waals surface area contributed by atoms with Crippen LogP contribution < -0.4 is 16.2 Å². The highest BCUT2D eigenvalue weighted by molar-refractivity contribution is 6.11. The van der Waals surface area contributed by atoms with Crippen LogP contribution in [0.1, 0.15) is 34.3 Å². The summed E-state index contributed by atoms with van der Waals surface area (Å²) in [5, 5.41) is 0.583. The number of pyridine rings is 1. The molecule has 1 aromatic heterocycles. The number of anilines is 1. The highest BCUT2D eigenvalue weighted by Gasteiger charge is 2.54. The number of amides is 1. The molecule has 0 unspecified atom stereocenters. The van der Waals surface area contributed by atoms with E-state index in [-0.39, 0.29) is 41.5 Å². The zero-order valence-corrected chi connectivity index (χ0v) is 19.9. The molecular formula is C29H24FN3O4. The summed E-state index contributed by atoms with van der Waals surface area (Å²) >= 11 is 0. The number of carbonyl (C=O) groups excluding carboxylic acids is 3. The van der Waals surface area contributed by atoms with Crippen LogP contribution in [0.5, 0.6) is 11.5 Å². The van der Waals surface area contributed by atoms with Crippen molar-refractivity contribution in [3.05, 3.63) is 95.4 Å². The minimum Gasteiger partial charge on any atom is -0.457 e. The molecule has 37 heavy (non-hydrogen) atoms. The third-order valence-electron chi connectivity index (χ3n) is 6.75. The standard InChI is InChI=1S/C29H24FN3O4/c30-19-5-1-17(2-6-19)13-26(34)29(10-11-29)27(35)14-18-3-7-20(8-4-18)37-25-9-12-33-24-16-23(31)21(28(32)36)15-22(24)25/h1-9,12,15-16H,10-11,13-14,31H2,(H2,32,36). The average molecular weight is 498 g/mol. The van der Waals surface area contributed by atoms with Crippen molar-refractivity contribution in [3.63, 3.8) is 0 Å². The van der Waals surface area contributed by atoms with Gasteiger partial charge in [-0.1, -0.05) is 24.3 Å². The van der Waals surface area contributed by atoms with Gasteiger partial charge in [-0.2, -0.15) is 0 Å². The van der Waals surface area contributed by atoms with E-state index in [9.17, 15) is 18.8 Å². The van der Waals surface area contributed by atoms with Crippen molar-refractivity contribution in [1.29, 1.82) is 0 Å². The van der Waals surface area contributed by atoms with Crippen molar-refractivity contribution >= 4 is 34.1 Å². The van der Waals surface area contributed by atoms with E-state index in [1.54, 1.807) is 60.8 Å². The molecule has 5 rings (SSSR count). The fraction of sp³-hybridized carbons (Fsp3) is 0.172. The fourth-order valence-corrected chi connectivity index (χ4v) is 4.44. The van der Waals surface area contributed by atoms with E-state index >= 15 is 0 Å². The van der Waals surface area contributed by atoms with E-state index in [1.807, 2.05) is 0 Å². The van der Waals surface area contributed by atoms with E-state index in [2.05, 4.69) is 4.98 Å². The van der Waals surface area contributed by atoms with Gasteiger partial charge in [-0.3, -0.25) is 19.4 Å². The number of nitrogens with zero attached hydrogens (tertiary/aromatic N) is 1. The number of ketones is 2. The number of Topliss-reactive ketones (excluding diaryl/α,β-unsaturated/α-hetero) is 2. The largest absolute Gasteiger partial charge is 0.457 e. The van der Waals surface area contributed by atoms with Gasteiger partial charge in [-0.25, -0.2) is 4.39 Å². The third kappa shape index (κ3) is 4.91. The first kappa shape index (κ1) is 24.1. The van der Waals surface area contributed by atoms with Crippen LogP contribution in [0, 0.1) is 11.2 Å². The summed E-state index contributed by atoms with van der Waals surface area (Å²) in [6, 6.07) is 17.6. The Bertz CT molecular complexity index is 1530. The molecule has 1 aliphatic carbocycles. The van der Waals surface area contributed by atoms with Gasteiger partial charge in [0.05, 0.1) is 16.5 Å². The van der Waals surface area contributed by atoms with Gasteiger partial charge in [0, 0.05) is 30.1 Å². The normalized spacial score (nSPS) is 13.8. The Kier molecular flexibility index (Phi) is 6.17. The molecule has 0 radical (unpaired) electrons. The van der Waals surface area contributed by atoms with Crippen LogP contribution in [-0.2, 0) is 22.4 Å². The smallest absolute Gasteiger partial charge is 0.250 e. The van der Waals surface area contributed by atoms with E-state index < -0.39 is 11.3 Å². The first-order chi connectivity index (χ1) is 17.7. The molecule has 186 valence electrons. The van der Waals surface area contributed by atoms with Crippen molar-refractivity contribution in [2.24, 2.45) is 11.1 Å². The molecule has 7 nitrogen and oxygen atoms in total. The lowest BCUT2D eigenvalue weighted by Gasteiger charge is -2.14. The molecule has 4 N–H and O–H groups in total. The maximum Gasteiger partial charge on any atom is 0.250 e. The Morgan fingerprint density at radius 2 is 1.49 bits per heavy atom. The monoisotopic (exact) mass is 497 g/mol. The van der Waals surface area contributed by atoms with Crippen LogP contribution in [0.3, 0.4) is 0 Å². The molecule has 0 saturated heterocycles. The molecule has 0 atom stereocenters. The molecule has 0 aliphatic heterocycles. The second-order valence-corrected chi connectivity index (χ2v) is 9.28. The fourth-order valence-electron chi connectivity index (χ4n) is 4.44. The Morgan fingerprint density at radius 1 is 0.892 bits per heavy atom. The molecule has 1 saturated carbocycles. The van der Waals surface area contributed by atoms with Crippen molar-refractivity contribution in [1.82, 2.24) is 4.98 Å².